The fourth-order valence-electron chi connectivity index (χ4n) is 6.10. The predicted molar refractivity (Wildman–Crippen MR) is 183 cm³/mol. The van der Waals surface area contributed by atoms with Crippen LogP contribution in [-0.4, -0.2) is 64.9 Å². The molecule has 0 spiro atoms. The monoisotopic (exact) mass is 709 g/mol. The molecule has 2 aromatic rings. The summed E-state index contributed by atoms with van der Waals surface area (Å²) in [5.41, 5.74) is 2.64. The minimum absolute atomic E-state index is 0.0987. The molecular formula is C33H43NO10S3. The van der Waals surface area contributed by atoms with Gasteiger partial charge < -0.3 is 9.64 Å². The molecule has 0 aliphatic carbocycles. The van der Waals surface area contributed by atoms with Crippen LogP contribution in [0.4, 0.5) is 5.69 Å². The highest BCUT2D eigenvalue weighted by atomic mass is 32.2. The van der Waals surface area contributed by atoms with Crippen LogP contribution in [0.5, 0.6) is 0 Å². The number of likely N-dealkylation sites (N-methyl/N-ethyl adjacent to an activating group) is 1. The van der Waals surface area contributed by atoms with Gasteiger partial charge in [-0.15, -0.1) is 0 Å². The zero-order valence-corrected chi connectivity index (χ0v) is 29.6. The van der Waals surface area contributed by atoms with Gasteiger partial charge in [0.25, 0.3) is 30.4 Å². The van der Waals surface area contributed by atoms with Crippen molar-refractivity contribution in [2.75, 3.05) is 30.9 Å². The lowest BCUT2D eigenvalue weighted by Crippen LogP contribution is -2.29. The zero-order chi connectivity index (χ0) is 35.4. The van der Waals surface area contributed by atoms with Gasteiger partial charge in [-0.1, -0.05) is 43.9 Å². The molecule has 0 bridgehead atoms. The van der Waals surface area contributed by atoms with Gasteiger partial charge in [0, 0.05) is 42.5 Å². The summed E-state index contributed by atoms with van der Waals surface area (Å²) in [6, 6.07) is 8.76. The number of methoxy groups -OCH3 is 1. The average Bonchev–Trinajstić information content (AvgIpc) is 3.20. The minimum Gasteiger partial charge on any atom is -0.385 e. The molecule has 2 atom stereocenters. The van der Waals surface area contributed by atoms with Crippen molar-refractivity contribution in [2.24, 2.45) is 0 Å². The van der Waals surface area contributed by atoms with Crippen LogP contribution in [0.2, 0.25) is 0 Å². The Balaban J connectivity index is 2.01. The van der Waals surface area contributed by atoms with E-state index in [0.717, 1.165) is 11.3 Å². The number of aryl methyl sites for hydroxylation is 1. The standard InChI is InChI=1S/C33H43NO10S3/c1-7-34-30-17-16-27(47(41,42)43)23-29(30)33(5,18-11-21-45(35,36)37)31(34)13-10-8-9-12-25(3)32(4,19-20-44-6)28-22-26(46(38,39)40)15-14-24(28)2/h8-10,12-17,22-23H,3,7,11,18-21H2,1-2,4-6H3,(H,35,36,37)(H,38,39,40)(H,41,42,43)/b10-8+,12-9+,31-13+. The Hall–Kier alpha value is -3.11. The number of fused-ring (bicyclic) bond motifs is 1. The molecule has 47 heavy (non-hydrogen) atoms. The minimum atomic E-state index is -4.50. The molecule has 2 aromatic carbocycles. The van der Waals surface area contributed by atoms with Gasteiger partial charge in [0.05, 0.1) is 15.5 Å². The van der Waals surface area contributed by atoms with Crippen molar-refractivity contribution in [3.05, 3.63) is 101 Å². The lowest BCUT2D eigenvalue weighted by molar-refractivity contribution is 0.178. The van der Waals surface area contributed by atoms with Crippen LogP contribution in [0.15, 0.2) is 94.4 Å². The second-order valence-corrected chi connectivity index (χ2v) is 16.4. The van der Waals surface area contributed by atoms with E-state index in [1.165, 1.54) is 24.3 Å². The predicted octanol–water partition coefficient (Wildman–Crippen LogP) is 5.80. The molecule has 3 rings (SSSR count). The first-order chi connectivity index (χ1) is 21.7. The summed E-state index contributed by atoms with van der Waals surface area (Å²) < 4.78 is 105. The van der Waals surface area contributed by atoms with Gasteiger partial charge in [0.15, 0.2) is 0 Å². The topological polar surface area (TPSA) is 176 Å². The quantitative estimate of drug-likeness (QED) is 0.151. The van der Waals surface area contributed by atoms with E-state index in [0.29, 0.717) is 42.0 Å². The fourth-order valence-corrected chi connectivity index (χ4v) is 7.62. The number of ether oxygens (including phenoxy) is 1. The number of hydrogen-bond donors (Lipinski definition) is 3. The van der Waals surface area contributed by atoms with Crippen LogP contribution >= 0.6 is 0 Å². The maximum absolute atomic E-state index is 12.0. The first-order valence-corrected chi connectivity index (χ1v) is 19.3. The van der Waals surface area contributed by atoms with E-state index in [1.807, 2.05) is 38.7 Å². The number of hydrogen-bond acceptors (Lipinski definition) is 8. The van der Waals surface area contributed by atoms with Crippen molar-refractivity contribution in [2.45, 2.75) is 67.6 Å². The first-order valence-electron chi connectivity index (χ1n) is 14.9. The summed E-state index contributed by atoms with van der Waals surface area (Å²) in [5, 5.41) is 0. The molecule has 0 aromatic heterocycles. The lowest BCUT2D eigenvalue weighted by Gasteiger charge is -2.33. The normalized spacial score (nSPS) is 19.5. The molecule has 1 aliphatic heterocycles. The molecule has 3 N–H and O–H groups in total. The Kier molecular flexibility index (Phi) is 11.9. The molecule has 0 fully saturated rings. The van der Waals surface area contributed by atoms with Gasteiger partial charge in [-0.05, 0) is 98.7 Å². The SMILES string of the molecule is C=C(/C=C/C=C/C=C1/N(CC)c2ccc(S(=O)(=O)O)cc2C1(C)CCCS(=O)(=O)O)C(C)(CCOC)c1cc(S(=O)(=O)O)ccc1C. The smallest absolute Gasteiger partial charge is 0.294 e. The van der Waals surface area contributed by atoms with Crippen molar-refractivity contribution in [1.29, 1.82) is 0 Å². The van der Waals surface area contributed by atoms with Crippen molar-refractivity contribution in [3.63, 3.8) is 0 Å². The van der Waals surface area contributed by atoms with E-state index in [9.17, 15) is 38.9 Å². The van der Waals surface area contributed by atoms with Gasteiger partial charge in [0.1, 0.15) is 0 Å². The Morgan fingerprint density at radius 1 is 0.979 bits per heavy atom. The van der Waals surface area contributed by atoms with Crippen molar-refractivity contribution < 1.29 is 43.6 Å². The van der Waals surface area contributed by atoms with Crippen molar-refractivity contribution >= 4 is 36.0 Å². The molecule has 14 heteroatoms. The zero-order valence-electron chi connectivity index (χ0n) is 27.2. The van der Waals surface area contributed by atoms with Crippen LogP contribution in [0.25, 0.3) is 0 Å². The van der Waals surface area contributed by atoms with Crippen molar-refractivity contribution in [3.8, 4) is 0 Å². The molecule has 1 heterocycles. The van der Waals surface area contributed by atoms with Gasteiger partial charge in [-0.3, -0.25) is 13.7 Å². The van der Waals surface area contributed by atoms with E-state index < -0.39 is 46.9 Å². The van der Waals surface area contributed by atoms with E-state index in [-0.39, 0.29) is 22.6 Å². The summed E-state index contributed by atoms with van der Waals surface area (Å²) in [6.07, 6.45) is 9.82. The van der Waals surface area contributed by atoms with Gasteiger partial charge in [-0.25, -0.2) is 0 Å². The van der Waals surface area contributed by atoms with Gasteiger partial charge >= 0.3 is 0 Å². The average molecular weight is 710 g/mol. The summed E-state index contributed by atoms with van der Waals surface area (Å²) in [4.78, 5) is 1.49. The Morgan fingerprint density at radius 3 is 2.17 bits per heavy atom. The molecule has 0 saturated heterocycles. The maximum atomic E-state index is 12.0. The van der Waals surface area contributed by atoms with Crippen LogP contribution in [0, 0.1) is 6.92 Å². The lowest BCUT2D eigenvalue weighted by atomic mass is 9.72. The highest BCUT2D eigenvalue weighted by Crippen LogP contribution is 2.51. The summed E-state index contributed by atoms with van der Waals surface area (Å²) in [5.74, 6) is -0.468. The molecule has 0 amide bonds. The number of anilines is 1. The summed E-state index contributed by atoms with van der Waals surface area (Å²) >= 11 is 0. The molecular weight excluding hydrogens is 667 g/mol. The largest absolute Gasteiger partial charge is 0.385 e. The van der Waals surface area contributed by atoms with E-state index in [2.05, 4.69) is 6.58 Å². The molecule has 1 aliphatic rings. The van der Waals surface area contributed by atoms with Gasteiger partial charge in [0.2, 0.25) is 0 Å². The second kappa shape index (κ2) is 14.6. The number of allylic oxidation sites excluding steroid dienone is 7. The molecule has 2 unspecified atom stereocenters. The summed E-state index contributed by atoms with van der Waals surface area (Å²) in [7, 11) is -11.6. The Morgan fingerprint density at radius 2 is 1.60 bits per heavy atom. The van der Waals surface area contributed by atoms with E-state index in [1.54, 1.807) is 43.5 Å². The highest BCUT2D eigenvalue weighted by molar-refractivity contribution is 7.86. The second-order valence-electron chi connectivity index (χ2n) is 12.0. The van der Waals surface area contributed by atoms with Crippen LogP contribution in [-0.2, 0) is 45.9 Å². The summed E-state index contributed by atoms with van der Waals surface area (Å²) in [6.45, 7) is 12.7. The fraction of sp³-hybridized carbons (Fsp3) is 0.394. The number of rotatable bonds is 15. The van der Waals surface area contributed by atoms with E-state index >= 15 is 0 Å². The molecule has 0 radical (unpaired) electrons. The Bertz CT molecular complexity index is 1930. The number of nitrogens with zero attached hydrogens (tertiary/aromatic N) is 1. The van der Waals surface area contributed by atoms with Crippen molar-refractivity contribution in [1.82, 2.24) is 0 Å². The molecule has 0 saturated carbocycles. The first kappa shape index (κ1) is 38.3. The molecule has 258 valence electrons. The van der Waals surface area contributed by atoms with Crippen LogP contribution in [0.3, 0.4) is 0 Å². The van der Waals surface area contributed by atoms with Gasteiger partial charge in [-0.2, -0.15) is 25.3 Å². The third-order valence-corrected chi connectivity index (χ3v) is 11.3. The Labute approximate surface area is 278 Å². The van der Waals surface area contributed by atoms with Crippen LogP contribution < -0.4 is 4.90 Å². The molecule has 11 nitrogen and oxygen atoms in total. The van der Waals surface area contributed by atoms with E-state index in [4.69, 9.17) is 4.74 Å². The number of benzene rings is 2. The van der Waals surface area contributed by atoms with Crippen LogP contribution in [0.1, 0.15) is 56.7 Å². The third kappa shape index (κ3) is 8.87. The maximum Gasteiger partial charge on any atom is 0.294 e. The highest BCUT2D eigenvalue weighted by Gasteiger charge is 2.43. The third-order valence-electron chi connectivity index (χ3n) is 8.79.